The SMILES string of the molecule is C=S(=O)(Cl)c1ccc(C#N)cc1. The fourth-order valence-electron chi connectivity index (χ4n) is 0.733. The molecule has 2 nitrogen and oxygen atoms in total. The van der Waals surface area contributed by atoms with Gasteiger partial charge in [-0.15, -0.1) is 0 Å². The lowest BCUT2D eigenvalue weighted by Gasteiger charge is -1.98. The van der Waals surface area contributed by atoms with E-state index in [-0.39, 0.29) is 0 Å². The van der Waals surface area contributed by atoms with Gasteiger partial charge in [-0.2, -0.15) is 5.26 Å². The number of nitrogens with zero attached hydrogens (tertiary/aromatic N) is 1. The number of hydrogen-bond acceptors (Lipinski definition) is 2. The Morgan fingerprint density at radius 1 is 1.42 bits per heavy atom. The van der Waals surface area contributed by atoms with Crippen molar-refractivity contribution in [1.29, 1.82) is 5.26 Å². The van der Waals surface area contributed by atoms with Crippen molar-refractivity contribution in [3.63, 3.8) is 0 Å². The van der Waals surface area contributed by atoms with Crippen molar-refractivity contribution in [3.8, 4) is 6.07 Å². The first-order valence-electron chi connectivity index (χ1n) is 3.11. The van der Waals surface area contributed by atoms with Crippen LogP contribution in [0.25, 0.3) is 0 Å². The Morgan fingerprint density at radius 3 is 2.25 bits per heavy atom. The topological polar surface area (TPSA) is 40.9 Å². The van der Waals surface area contributed by atoms with E-state index < -0.39 is 8.74 Å². The Kier molecular flexibility index (Phi) is 2.41. The number of halogens is 1. The van der Waals surface area contributed by atoms with Crippen molar-refractivity contribution in [2.24, 2.45) is 0 Å². The summed E-state index contributed by atoms with van der Waals surface area (Å²) in [5.41, 5.74) is 0.513. The summed E-state index contributed by atoms with van der Waals surface area (Å²) in [6.07, 6.45) is 0. The summed E-state index contributed by atoms with van der Waals surface area (Å²) in [6, 6.07) is 8.15. The minimum atomic E-state index is -2.66. The molecule has 1 aromatic carbocycles. The van der Waals surface area contributed by atoms with Crippen LogP contribution in [0.4, 0.5) is 0 Å². The van der Waals surface area contributed by atoms with Crippen molar-refractivity contribution in [2.45, 2.75) is 4.90 Å². The molecule has 0 bridgehead atoms. The maximum absolute atomic E-state index is 11.2. The van der Waals surface area contributed by atoms with Crippen LogP contribution in [0.3, 0.4) is 0 Å². The first-order chi connectivity index (χ1) is 5.54. The molecule has 0 aliphatic rings. The summed E-state index contributed by atoms with van der Waals surface area (Å²) in [7, 11) is 2.82. The molecule has 12 heavy (non-hydrogen) atoms. The third-order valence-electron chi connectivity index (χ3n) is 1.34. The number of hydrogen-bond donors (Lipinski definition) is 0. The molecule has 4 heteroatoms. The molecule has 0 amide bonds. The van der Waals surface area contributed by atoms with Crippen LogP contribution < -0.4 is 0 Å². The van der Waals surface area contributed by atoms with Gasteiger partial charge < -0.3 is 0 Å². The van der Waals surface area contributed by atoms with E-state index >= 15 is 0 Å². The Morgan fingerprint density at radius 2 is 1.92 bits per heavy atom. The van der Waals surface area contributed by atoms with Gasteiger partial charge in [-0.3, -0.25) is 0 Å². The summed E-state index contributed by atoms with van der Waals surface area (Å²) in [5, 5.41) is 8.46. The zero-order chi connectivity index (χ0) is 9.19. The lowest BCUT2D eigenvalue weighted by atomic mass is 10.2. The normalized spacial score (nSPS) is 14.7. The van der Waals surface area contributed by atoms with Crippen LogP contribution in [-0.4, -0.2) is 10.1 Å². The van der Waals surface area contributed by atoms with Crippen molar-refractivity contribution in [2.75, 3.05) is 0 Å². The number of benzene rings is 1. The van der Waals surface area contributed by atoms with Gasteiger partial charge in [-0.25, -0.2) is 4.21 Å². The Bertz CT molecular complexity index is 413. The fourth-order valence-corrected chi connectivity index (χ4v) is 1.58. The van der Waals surface area contributed by atoms with E-state index in [4.69, 9.17) is 15.9 Å². The predicted molar refractivity (Wildman–Crippen MR) is 50.5 cm³/mol. The van der Waals surface area contributed by atoms with E-state index in [1.807, 2.05) is 6.07 Å². The third-order valence-corrected chi connectivity index (χ3v) is 2.85. The molecule has 1 aromatic rings. The molecule has 0 saturated heterocycles. The molecule has 0 aliphatic carbocycles. The Balaban J connectivity index is 3.20. The van der Waals surface area contributed by atoms with Gasteiger partial charge in [0, 0.05) is 4.90 Å². The standard InChI is InChI=1S/C8H6ClNOS/c1-12(9,11)8-4-2-7(6-10)3-5-8/h2-5H,1H2. The van der Waals surface area contributed by atoms with Gasteiger partial charge in [0.1, 0.15) is 0 Å². The van der Waals surface area contributed by atoms with E-state index in [1.165, 1.54) is 0 Å². The van der Waals surface area contributed by atoms with E-state index in [0.29, 0.717) is 10.5 Å². The fraction of sp³-hybridized carbons (Fsp3) is 0. The summed E-state index contributed by atoms with van der Waals surface area (Å²) in [4.78, 5) is 0.447. The van der Waals surface area contributed by atoms with Crippen molar-refractivity contribution in [1.82, 2.24) is 0 Å². The maximum atomic E-state index is 11.2. The van der Waals surface area contributed by atoms with E-state index in [0.717, 1.165) is 0 Å². The molecule has 1 rings (SSSR count). The highest BCUT2D eigenvalue weighted by Crippen LogP contribution is 2.14. The lowest BCUT2D eigenvalue weighted by Crippen LogP contribution is -1.89. The molecule has 0 N–H and O–H groups in total. The summed E-state index contributed by atoms with van der Waals surface area (Å²) < 4.78 is 11.2. The number of nitriles is 1. The van der Waals surface area contributed by atoms with Crippen LogP contribution in [0, 0.1) is 11.3 Å². The smallest absolute Gasteiger partial charge is 0.0991 e. The second kappa shape index (κ2) is 3.18. The molecule has 1 unspecified atom stereocenters. The van der Waals surface area contributed by atoms with Crippen LogP contribution in [-0.2, 0) is 8.74 Å². The van der Waals surface area contributed by atoms with Gasteiger partial charge in [-0.1, -0.05) is 0 Å². The highest BCUT2D eigenvalue weighted by atomic mass is 35.7. The third kappa shape index (κ3) is 2.00. The molecule has 0 fully saturated rings. The summed E-state index contributed by atoms with van der Waals surface area (Å²) in [6.45, 7) is 0. The zero-order valence-electron chi connectivity index (χ0n) is 6.16. The van der Waals surface area contributed by atoms with Gasteiger partial charge in [0.15, 0.2) is 0 Å². The quantitative estimate of drug-likeness (QED) is 0.511. The maximum Gasteiger partial charge on any atom is 0.0991 e. The van der Waals surface area contributed by atoms with Crippen LogP contribution >= 0.6 is 10.7 Å². The summed E-state index contributed by atoms with van der Waals surface area (Å²) in [5.74, 6) is 3.31. The summed E-state index contributed by atoms with van der Waals surface area (Å²) >= 11 is 0. The Hall–Kier alpha value is -0.980. The molecule has 0 radical (unpaired) electrons. The largest absolute Gasteiger partial charge is 0.248 e. The second-order valence-corrected chi connectivity index (χ2v) is 5.39. The van der Waals surface area contributed by atoms with Gasteiger partial charge in [-0.05, 0) is 40.8 Å². The van der Waals surface area contributed by atoms with Gasteiger partial charge >= 0.3 is 0 Å². The van der Waals surface area contributed by atoms with Crippen LogP contribution in [0.15, 0.2) is 29.2 Å². The first kappa shape index (κ1) is 9.11. The highest BCUT2D eigenvalue weighted by Gasteiger charge is 2.01. The predicted octanol–water partition coefficient (Wildman–Crippen LogP) is 1.79. The minimum Gasteiger partial charge on any atom is -0.248 e. The highest BCUT2D eigenvalue weighted by molar-refractivity contribution is 8.21. The number of rotatable bonds is 1. The molecule has 0 aromatic heterocycles. The Labute approximate surface area is 75.9 Å². The molecule has 0 spiro atoms. The molecular weight excluding hydrogens is 194 g/mol. The zero-order valence-corrected chi connectivity index (χ0v) is 7.73. The van der Waals surface area contributed by atoms with Crippen molar-refractivity contribution in [3.05, 3.63) is 29.8 Å². The van der Waals surface area contributed by atoms with E-state index in [1.54, 1.807) is 24.3 Å². The van der Waals surface area contributed by atoms with Crippen LogP contribution in [0.1, 0.15) is 5.56 Å². The minimum absolute atomic E-state index is 0.447. The van der Waals surface area contributed by atoms with Crippen LogP contribution in [0.5, 0.6) is 0 Å². The molecule has 0 saturated carbocycles. The molecule has 0 aliphatic heterocycles. The first-order valence-corrected chi connectivity index (χ1v) is 5.66. The van der Waals surface area contributed by atoms with Crippen LogP contribution in [0.2, 0.25) is 0 Å². The molecule has 1 atom stereocenters. The molecule has 62 valence electrons. The van der Waals surface area contributed by atoms with E-state index in [2.05, 4.69) is 5.87 Å². The monoisotopic (exact) mass is 199 g/mol. The second-order valence-electron chi connectivity index (χ2n) is 2.23. The van der Waals surface area contributed by atoms with Crippen molar-refractivity contribution < 1.29 is 4.21 Å². The van der Waals surface area contributed by atoms with Gasteiger partial charge in [0.25, 0.3) is 0 Å². The molecule has 0 heterocycles. The average molecular weight is 200 g/mol. The van der Waals surface area contributed by atoms with E-state index in [9.17, 15) is 4.21 Å². The molecular formula is C8H6ClNOS. The lowest BCUT2D eigenvalue weighted by molar-refractivity contribution is 0.689. The van der Waals surface area contributed by atoms with Gasteiger partial charge in [0.05, 0.1) is 20.4 Å². The van der Waals surface area contributed by atoms with Crippen molar-refractivity contribution >= 4 is 25.3 Å². The average Bonchev–Trinajstić information content (AvgIpc) is 2.03. The van der Waals surface area contributed by atoms with Gasteiger partial charge in [0.2, 0.25) is 0 Å².